The molecule has 2 heterocycles. The van der Waals surface area contributed by atoms with Gasteiger partial charge in [-0.05, 0) is 55.7 Å². The number of likely N-dealkylation sites (tertiary alicyclic amines) is 1. The summed E-state index contributed by atoms with van der Waals surface area (Å²) < 4.78 is 43.3. The molecule has 2 spiro atoms. The summed E-state index contributed by atoms with van der Waals surface area (Å²) in [7, 11) is 0. The molecule has 4 aliphatic rings. The van der Waals surface area contributed by atoms with E-state index in [0.29, 0.717) is 13.1 Å². The van der Waals surface area contributed by atoms with Crippen LogP contribution >= 0.6 is 0 Å². The quantitative estimate of drug-likeness (QED) is 0.812. The SMILES string of the molecule is O=C1NC2(CCC2C(=O)N2CC3(CC[C@@H](c4ccc(C(F)(F)F)cc4)C3)C2)CO1. The first-order chi connectivity index (χ1) is 13.7. The molecular weight excluding hydrogens is 385 g/mol. The Labute approximate surface area is 166 Å². The molecule has 1 aromatic rings. The van der Waals surface area contributed by atoms with Crippen molar-refractivity contribution >= 4 is 12.0 Å². The Bertz CT molecular complexity index is 848. The second-order valence-electron chi connectivity index (χ2n) is 9.20. The number of carbonyl (C=O) groups is 2. The third kappa shape index (κ3) is 2.99. The third-order valence-electron chi connectivity index (χ3n) is 7.43. The standard InChI is InChI=1S/C21H23F3N2O3/c22-21(23,24)15-3-1-13(2-4-15)14-5-7-19(9-14)10-26(11-19)17(27)16-6-8-20(16)12-29-18(28)25-20/h1-4,14,16H,5-12H2,(H,25,28)/t14-,16?,20?/m1/s1. The number of ether oxygens (including phenoxy) is 1. The molecule has 8 heteroatoms. The summed E-state index contributed by atoms with van der Waals surface area (Å²) >= 11 is 0. The van der Waals surface area contributed by atoms with Gasteiger partial charge in [-0.3, -0.25) is 4.79 Å². The zero-order chi connectivity index (χ0) is 20.4. The first-order valence-electron chi connectivity index (χ1n) is 10.1. The largest absolute Gasteiger partial charge is 0.447 e. The minimum absolute atomic E-state index is 0.0787. The molecule has 2 aliphatic carbocycles. The molecule has 3 atom stereocenters. The van der Waals surface area contributed by atoms with Crippen LogP contribution < -0.4 is 5.32 Å². The van der Waals surface area contributed by atoms with Gasteiger partial charge in [-0.2, -0.15) is 13.2 Å². The van der Waals surface area contributed by atoms with Crippen LogP contribution in [0.25, 0.3) is 0 Å². The molecule has 156 valence electrons. The van der Waals surface area contributed by atoms with Gasteiger partial charge in [0.25, 0.3) is 0 Å². The molecule has 0 radical (unpaired) electrons. The van der Waals surface area contributed by atoms with Crippen LogP contribution in [0.15, 0.2) is 24.3 Å². The number of carbonyl (C=O) groups excluding carboxylic acids is 2. The van der Waals surface area contributed by atoms with Gasteiger partial charge in [0.05, 0.1) is 17.0 Å². The molecule has 0 bridgehead atoms. The van der Waals surface area contributed by atoms with E-state index in [4.69, 9.17) is 4.74 Å². The van der Waals surface area contributed by atoms with Gasteiger partial charge < -0.3 is 15.0 Å². The molecule has 0 aromatic heterocycles. The van der Waals surface area contributed by atoms with E-state index in [1.807, 2.05) is 4.90 Å². The van der Waals surface area contributed by atoms with Crippen LogP contribution in [0.2, 0.25) is 0 Å². The van der Waals surface area contributed by atoms with Gasteiger partial charge in [-0.15, -0.1) is 0 Å². The molecular formula is C21H23F3N2O3. The van der Waals surface area contributed by atoms with Crippen LogP contribution in [0.4, 0.5) is 18.0 Å². The summed E-state index contributed by atoms with van der Waals surface area (Å²) in [4.78, 5) is 26.2. The molecule has 5 nitrogen and oxygen atoms in total. The molecule has 2 unspecified atom stereocenters. The third-order valence-corrected chi connectivity index (χ3v) is 7.43. The minimum atomic E-state index is -4.31. The Kier molecular flexibility index (Phi) is 3.96. The van der Waals surface area contributed by atoms with Crippen molar-refractivity contribution in [2.24, 2.45) is 11.3 Å². The predicted octanol–water partition coefficient (Wildman–Crippen LogP) is 3.69. The Hall–Kier alpha value is -2.25. The molecule has 5 rings (SSSR count). The number of hydrogen-bond acceptors (Lipinski definition) is 3. The van der Waals surface area contributed by atoms with Crippen molar-refractivity contribution in [2.75, 3.05) is 19.7 Å². The highest BCUT2D eigenvalue weighted by molar-refractivity contribution is 5.84. The van der Waals surface area contributed by atoms with Gasteiger partial charge in [0, 0.05) is 18.5 Å². The smallest absolute Gasteiger partial charge is 0.416 e. The van der Waals surface area contributed by atoms with Crippen LogP contribution in [-0.2, 0) is 15.7 Å². The minimum Gasteiger partial charge on any atom is -0.447 e. The van der Waals surface area contributed by atoms with Gasteiger partial charge in [0.2, 0.25) is 5.91 Å². The fourth-order valence-corrected chi connectivity index (χ4v) is 5.65. The zero-order valence-electron chi connectivity index (χ0n) is 15.9. The molecule has 29 heavy (non-hydrogen) atoms. The lowest BCUT2D eigenvalue weighted by Gasteiger charge is -2.53. The normalized spacial score (nSPS) is 32.7. The highest BCUT2D eigenvalue weighted by Crippen LogP contribution is 2.53. The number of nitrogens with one attached hydrogen (secondary N) is 1. The van der Waals surface area contributed by atoms with E-state index < -0.39 is 23.4 Å². The number of nitrogens with zero attached hydrogens (tertiary/aromatic N) is 1. The molecule has 2 amide bonds. The number of benzene rings is 1. The Morgan fingerprint density at radius 3 is 2.41 bits per heavy atom. The summed E-state index contributed by atoms with van der Waals surface area (Å²) in [6.45, 7) is 1.66. The van der Waals surface area contributed by atoms with Gasteiger partial charge >= 0.3 is 12.3 Å². The highest BCUT2D eigenvalue weighted by atomic mass is 19.4. The first-order valence-corrected chi connectivity index (χ1v) is 10.1. The number of alkyl carbamates (subject to hydrolysis) is 1. The number of cyclic esters (lactones) is 1. The van der Waals surface area contributed by atoms with Gasteiger partial charge in [0.15, 0.2) is 0 Å². The number of hydrogen-bond donors (Lipinski definition) is 1. The van der Waals surface area contributed by atoms with Crippen molar-refractivity contribution in [1.82, 2.24) is 10.2 Å². The zero-order valence-corrected chi connectivity index (χ0v) is 15.9. The second-order valence-corrected chi connectivity index (χ2v) is 9.20. The summed E-state index contributed by atoms with van der Waals surface area (Å²) in [5.74, 6) is 0.121. The summed E-state index contributed by atoms with van der Waals surface area (Å²) in [5, 5.41) is 2.82. The van der Waals surface area contributed by atoms with E-state index in [1.54, 1.807) is 12.1 Å². The Balaban J connectivity index is 1.19. The Morgan fingerprint density at radius 2 is 1.86 bits per heavy atom. The van der Waals surface area contributed by atoms with Crippen molar-refractivity contribution in [3.63, 3.8) is 0 Å². The van der Waals surface area contributed by atoms with Gasteiger partial charge in [-0.1, -0.05) is 12.1 Å². The van der Waals surface area contributed by atoms with Gasteiger partial charge in [0.1, 0.15) is 6.61 Å². The van der Waals surface area contributed by atoms with E-state index in [2.05, 4.69) is 5.32 Å². The maximum atomic E-state index is 12.9. The van der Waals surface area contributed by atoms with Crippen LogP contribution in [0.1, 0.15) is 49.1 Å². The second kappa shape index (κ2) is 6.12. The Morgan fingerprint density at radius 1 is 1.14 bits per heavy atom. The van der Waals surface area contributed by atoms with Crippen molar-refractivity contribution in [3.8, 4) is 0 Å². The first kappa shape index (κ1) is 18.8. The van der Waals surface area contributed by atoms with E-state index in [9.17, 15) is 22.8 Å². The average Bonchev–Trinajstić information content (AvgIpc) is 3.24. The van der Waals surface area contributed by atoms with E-state index in [0.717, 1.165) is 49.8 Å². The number of rotatable bonds is 2. The fourth-order valence-electron chi connectivity index (χ4n) is 5.65. The van der Waals surface area contributed by atoms with Crippen molar-refractivity contribution in [1.29, 1.82) is 0 Å². The van der Waals surface area contributed by atoms with E-state index >= 15 is 0 Å². The lowest BCUT2D eigenvalue weighted by molar-refractivity contribution is -0.155. The molecule has 4 fully saturated rings. The molecule has 2 aliphatic heterocycles. The highest BCUT2D eigenvalue weighted by Gasteiger charge is 2.59. The van der Waals surface area contributed by atoms with Crippen molar-refractivity contribution in [3.05, 3.63) is 35.4 Å². The van der Waals surface area contributed by atoms with Gasteiger partial charge in [-0.25, -0.2) is 4.79 Å². The van der Waals surface area contributed by atoms with E-state index in [-0.39, 0.29) is 29.8 Å². The number of alkyl halides is 3. The summed E-state index contributed by atoms with van der Waals surface area (Å²) in [5.41, 5.74) is -0.111. The average molecular weight is 408 g/mol. The molecule has 2 saturated carbocycles. The molecule has 1 aromatic carbocycles. The topological polar surface area (TPSA) is 58.6 Å². The van der Waals surface area contributed by atoms with Crippen LogP contribution in [0.3, 0.4) is 0 Å². The lowest BCUT2D eigenvalue weighted by Crippen LogP contribution is -2.66. The maximum absolute atomic E-state index is 12.9. The number of halogens is 3. The maximum Gasteiger partial charge on any atom is 0.416 e. The molecule has 2 saturated heterocycles. The van der Waals surface area contributed by atoms with Crippen molar-refractivity contribution in [2.45, 2.75) is 49.7 Å². The fraction of sp³-hybridized carbons (Fsp3) is 0.619. The number of amides is 2. The van der Waals surface area contributed by atoms with Crippen LogP contribution in [0, 0.1) is 11.3 Å². The van der Waals surface area contributed by atoms with Crippen LogP contribution in [0.5, 0.6) is 0 Å². The van der Waals surface area contributed by atoms with E-state index in [1.165, 1.54) is 0 Å². The molecule has 1 N–H and O–H groups in total. The van der Waals surface area contributed by atoms with Crippen LogP contribution in [-0.4, -0.2) is 42.1 Å². The monoisotopic (exact) mass is 408 g/mol. The van der Waals surface area contributed by atoms with Crippen molar-refractivity contribution < 1.29 is 27.5 Å². The summed E-state index contributed by atoms with van der Waals surface area (Å²) in [6, 6.07) is 5.50. The lowest BCUT2D eigenvalue weighted by atomic mass is 9.65. The predicted molar refractivity (Wildman–Crippen MR) is 97.0 cm³/mol. The summed E-state index contributed by atoms with van der Waals surface area (Å²) in [6.07, 6.45) is -0.407.